The number of aryl methyl sites for hydroxylation is 2. The van der Waals surface area contributed by atoms with Crippen molar-refractivity contribution in [2.45, 2.75) is 32.9 Å². The van der Waals surface area contributed by atoms with Crippen molar-refractivity contribution < 1.29 is 14.4 Å². The van der Waals surface area contributed by atoms with Gasteiger partial charge in [-0.15, -0.1) is 0 Å². The number of amides is 4. The number of carbonyl (C=O) groups excluding carboxylic acids is 3. The van der Waals surface area contributed by atoms with E-state index in [1.807, 2.05) is 32.0 Å². The summed E-state index contributed by atoms with van der Waals surface area (Å²) in [6.45, 7) is 4.15. The Morgan fingerprint density at radius 3 is 2.68 bits per heavy atom. The van der Waals surface area contributed by atoms with E-state index in [9.17, 15) is 14.4 Å². The van der Waals surface area contributed by atoms with E-state index in [0.29, 0.717) is 5.82 Å². The lowest BCUT2D eigenvalue weighted by Gasteiger charge is -2.09. The number of hydrogen-bond acceptors (Lipinski definition) is 5. The van der Waals surface area contributed by atoms with E-state index in [-0.39, 0.29) is 18.9 Å². The van der Waals surface area contributed by atoms with E-state index in [0.717, 1.165) is 17.0 Å². The van der Waals surface area contributed by atoms with Crippen LogP contribution in [0.4, 0.5) is 4.79 Å². The molecule has 1 saturated heterocycles. The van der Waals surface area contributed by atoms with Gasteiger partial charge in [0.2, 0.25) is 5.91 Å². The van der Waals surface area contributed by atoms with Crippen molar-refractivity contribution in [2.24, 2.45) is 0 Å². The zero-order chi connectivity index (χ0) is 18.0. The number of carbonyl (C=O) groups is 3. The van der Waals surface area contributed by atoms with Gasteiger partial charge in [-0.2, -0.15) is 5.10 Å². The quantitative estimate of drug-likeness (QED) is 0.666. The molecule has 0 aliphatic carbocycles. The Labute approximate surface area is 143 Å². The Morgan fingerprint density at radius 2 is 2.12 bits per heavy atom. The molecule has 25 heavy (non-hydrogen) atoms. The Balaban J connectivity index is 1.55. The Morgan fingerprint density at radius 1 is 1.32 bits per heavy atom. The molecule has 1 aliphatic rings. The molecule has 2 aromatic rings. The van der Waals surface area contributed by atoms with Gasteiger partial charge in [0.05, 0.1) is 12.1 Å². The van der Waals surface area contributed by atoms with Gasteiger partial charge in [-0.3, -0.25) is 14.9 Å². The van der Waals surface area contributed by atoms with Gasteiger partial charge in [0.25, 0.3) is 5.91 Å². The second-order valence-corrected chi connectivity index (χ2v) is 5.86. The maximum absolute atomic E-state index is 11.9. The van der Waals surface area contributed by atoms with Gasteiger partial charge >= 0.3 is 6.03 Å². The van der Waals surface area contributed by atoms with Crippen molar-refractivity contribution in [3.05, 3.63) is 41.3 Å². The van der Waals surface area contributed by atoms with Crippen molar-refractivity contribution >= 4 is 17.8 Å². The minimum Gasteiger partial charge on any atom is -0.352 e. The topological polar surface area (TPSA) is 118 Å². The lowest BCUT2D eigenvalue weighted by atomic mass is 10.2. The van der Waals surface area contributed by atoms with Crippen molar-refractivity contribution in [1.29, 1.82) is 0 Å². The van der Waals surface area contributed by atoms with Gasteiger partial charge in [-0.1, -0.05) is 6.07 Å². The first kappa shape index (κ1) is 16.6. The van der Waals surface area contributed by atoms with Gasteiger partial charge in [0.15, 0.2) is 5.82 Å². The average Bonchev–Trinajstić information content (AvgIpc) is 3.06. The summed E-state index contributed by atoms with van der Waals surface area (Å²) in [7, 11) is 0. The molecule has 1 fully saturated rings. The van der Waals surface area contributed by atoms with Crippen LogP contribution >= 0.6 is 0 Å². The maximum atomic E-state index is 11.9. The number of nitrogens with zero attached hydrogens (tertiary/aromatic N) is 3. The van der Waals surface area contributed by atoms with Crippen LogP contribution in [0.1, 0.15) is 23.4 Å². The predicted octanol–water partition coefficient (Wildman–Crippen LogP) is 0.0984. The molecule has 0 aromatic carbocycles. The molecule has 0 radical (unpaired) electrons. The van der Waals surface area contributed by atoms with E-state index in [2.05, 4.69) is 26.0 Å². The average molecular weight is 342 g/mol. The molecule has 130 valence electrons. The highest BCUT2D eigenvalue weighted by Crippen LogP contribution is 2.10. The largest absolute Gasteiger partial charge is 0.352 e. The molecule has 0 unspecified atom stereocenters. The third kappa shape index (κ3) is 3.82. The van der Waals surface area contributed by atoms with Crippen LogP contribution in [0.25, 0.3) is 5.82 Å². The molecule has 1 atom stereocenters. The summed E-state index contributed by atoms with van der Waals surface area (Å²) in [4.78, 5) is 38.6. The van der Waals surface area contributed by atoms with Crippen LogP contribution in [-0.2, 0) is 16.1 Å². The summed E-state index contributed by atoms with van der Waals surface area (Å²) in [5, 5.41) is 11.5. The smallest absolute Gasteiger partial charge is 0.322 e. The fourth-order valence-electron chi connectivity index (χ4n) is 2.57. The van der Waals surface area contributed by atoms with Gasteiger partial charge in [0, 0.05) is 18.4 Å². The number of pyridine rings is 1. The van der Waals surface area contributed by atoms with Crippen molar-refractivity contribution in [3.63, 3.8) is 0 Å². The third-order valence-electron chi connectivity index (χ3n) is 3.77. The highest BCUT2D eigenvalue weighted by atomic mass is 16.2. The van der Waals surface area contributed by atoms with Gasteiger partial charge in [-0.25, -0.2) is 14.5 Å². The second kappa shape index (κ2) is 6.71. The van der Waals surface area contributed by atoms with Gasteiger partial charge in [-0.05, 0) is 31.5 Å². The summed E-state index contributed by atoms with van der Waals surface area (Å²) in [5.41, 5.74) is 2.72. The first-order valence-electron chi connectivity index (χ1n) is 7.79. The second-order valence-electron chi connectivity index (χ2n) is 5.86. The van der Waals surface area contributed by atoms with Crippen molar-refractivity contribution in [1.82, 2.24) is 30.7 Å². The number of hydrogen-bond donors (Lipinski definition) is 3. The molecule has 0 spiro atoms. The summed E-state index contributed by atoms with van der Waals surface area (Å²) in [6.07, 6.45) is 1.56. The summed E-state index contributed by atoms with van der Waals surface area (Å²) in [6, 6.07) is 4.24. The maximum Gasteiger partial charge on any atom is 0.322 e. The fraction of sp³-hybridized carbons (Fsp3) is 0.312. The number of urea groups is 1. The number of rotatable bonds is 5. The lowest BCUT2D eigenvalue weighted by Crippen LogP contribution is -2.36. The van der Waals surface area contributed by atoms with Crippen LogP contribution in [0.3, 0.4) is 0 Å². The fourth-order valence-corrected chi connectivity index (χ4v) is 2.57. The molecule has 0 saturated carbocycles. The molecule has 3 rings (SSSR count). The molecular formula is C16H18N6O3. The standard InChI is InChI=1S/C16H18N6O3/c1-9-5-10(2)22(21-9)13-4-3-11(7-17-13)8-18-14(23)6-12-15(24)20-16(25)19-12/h3-5,7,12H,6,8H2,1-2H3,(H,18,23)(H2,19,20,24,25)/t12-/m1/s1. The van der Waals surface area contributed by atoms with Gasteiger partial charge in [0.1, 0.15) is 6.04 Å². The molecule has 9 nitrogen and oxygen atoms in total. The van der Waals surface area contributed by atoms with E-state index in [1.165, 1.54) is 0 Å². The van der Waals surface area contributed by atoms with E-state index in [4.69, 9.17) is 0 Å². The predicted molar refractivity (Wildman–Crippen MR) is 87.8 cm³/mol. The highest BCUT2D eigenvalue weighted by Gasteiger charge is 2.31. The van der Waals surface area contributed by atoms with E-state index >= 15 is 0 Å². The molecule has 9 heteroatoms. The molecule has 0 bridgehead atoms. The number of imide groups is 1. The Kier molecular flexibility index (Phi) is 4.46. The number of nitrogens with one attached hydrogen (secondary N) is 3. The molecular weight excluding hydrogens is 324 g/mol. The molecule has 4 amide bonds. The van der Waals surface area contributed by atoms with Crippen LogP contribution in [0.2, 0.25) is 0 Å². The van der Waals surface area contributed by atoms with Crippen LogP contribution in [0.5, 0.6) is 0 Å². The summed E-state index contributed by atoms with van der Waals surface area (Å²) in [5.74, 6) is -0.118. The van der Waals surface area contributed by atoms with E-state index < -0.39 is 18.0 Å². The molecule has 3 heterocycles. The Bertz CT molecular complexity index is 827. The number of aromatic nitrogens is 3. The molecule has 2 aromatic heterocycles. The molecule has 1 aliphatic heterocycles. The zero-order valence-electron chi connectivity index (χ0n) is 13.9. The monoisotopic (exact) mass is 342 g/mol. The highest BCUT2D eigenvalue weighted by molar-refractivity contribution is 6.05. The minimum absolute atomic E-state index is 0.102. The summed E-state index contributed by atoms with van der Waals surface area (Å²) >= 11 is 0. The Hall–Kier alpha value is -3.23. The molecule has 3 N–H and O–H groups in total. The van der Waals surface area contributed by atoms with E-state index in [1.54, 1.807) is 10.9 Å². The van der Waals surface area contributed by atoms with Crippen LogP contribution in [0.15, 0.2) is 24.4 Å². The SMILES string of the molecule is Cc1cc(C)n(-c2ccc(CNC(=O)C[C@H]3NC(=O)NC3=O)cn2)n1. The first-order chi connectivity index (χ1) is 11.9. The van der Waals surface area contributed by atoms with Crippen molar-refractivity contribution in [2.75, 3.05) is 0 Å². The van der Waals surface area contributed by atoms with Crippen molar-refractivity contribution in [3.8, 4) is 5.82 Å². The van der Waals surface area contributed by atoms with Crippen LogP contribution in [0, 0.1) is 13.8 Å². The lowest BCUT2D eigenvalue weighted by molar-refractivity contribution is -0.126. The normalized spacial score (nSPS) is 16.5. The van der Waals surface area contributed by atoms with Crippen LogP contribution < -0.4 is 16.0 Å². The minimum atomic E-state index is -0.820. The van der Waals surface area contributed by atoms with Gasteiger partial charge < -0.3 is 10.6 Å². The third-order valence-corrected chi connectivity index (χ3v) is 3.77. The summed E-state index contributed by atoms with van der Waals surface area (Å²) < 4.78 is 1.75. The zero-order valence-corrected chi connectivity index (χ0v) is 13.9. The van der Waals surface area contributed by atoms with Crippen LogP contribution in [-0.4, -0.2) is 38.7 Å². The first-order valence-corrected chi connectivity index (χ1v) is 7.79.